The van der Waals surface area contributed by atoms with Crippen LogP contribution in [-0.2, 0) is 0 Å². The fourth-order valence-corrected chi connectivity index (χ4v) is 1.98. The third-order valence-electron chi connectivity index (χ3n) is 3.06. The Bertz CT molecular complexity index is 571. The molecule has 2 aromatic rings. The van der Waals surface area contributed by atoms with Gasteiger partial charge in [-0.05, 0) is 36.1 Å². The predicted molar refractivity (Wildman–Crippen MR) is 70.9 cm³/mol. The van der Waals surface area contributed by atoms with Gasteiger partial charge in [0.05, 0.1) is 6.10 Å². The second-order valence-electron chi connectivity index (χ2n) is 4.55. The van der Waals surface area contributed by atoms with Crippen molar-refractivity contribution in [3.8, 4) is 16.9 Å². The molecule has 0 spiro atoms. The van der Waals surface area contributed by atoms with Crippen LogP contribution >= 0.6 is 0 Å². The third kappa shape index (κ3) is 2.28. The number of carbonyl (C=O) groups excluding carboxylic acids is 1. The molecule has 0 unspecified atom stereocenters. The van der Waals surface area contributed by atoms with Crippen LogP contribution in [0.2, 0.25) is 0 Å². The topological polar surface area (TPSA) is 26.3 Å². The number of hydrogen-bond donors (Lipinski definition) is 0. The molecule has 0 radical (unpaired) electrons. The van der Waals surface area contributed by atoms with Crippen molar-refractivity contribution in [2.24, 2.45) is 0 Å². The Hall–Kier alpha value is -2.09. The van der Waals surface area contributed by atoms with E-state index in [2.05, 4.69) is 0 Å². The first-order valence-corrected chi connectivity index (χ1v) is 6.18. The second-order valence-corrected chi connectivity index (χ2v) is 4.55. The first-order chi connectivity index (χ1) is 8.86. The van der Waals surface area contributed by atoms with Gasteiger partial charge in [-0.3, -0.25) is 4.79 Å². The van der Waals surface area contributed by atoms with Crippen LogP contribution in [0.1, 0.15) is 23.2 Å². The normalized spacial score (nSPS) is 14.2. The van der Waals surface area contributed by atoms with Gasteiger partial charge in [0, 0.05) is 5.56 Å². The summed E-state index contributed by atoms with van der Waals surface area (Å²) in [5, 5.41) is 0. The van der Waals surface area contributed by atoms with Crippen LogP contribution in [0.3, 0.4) is 0 Å². The molecule has 0 saturated heterocycles. The van der Waals surface area contributed by atoms with E-state index in [0.29, 0.717) is 11.7 Å². The predicted octanol–water partition coefficient (Wildman–Crippen LogP) is 3.71. The summed E-state index contributed by atoms with van der Waals surface area (Å²) in [5.74, 6) is 0.885. The minimum Gasteiger partial charge on any atom is -0.490 e. The van der Waals surface area contributed by atoms with Gasteiger partial charge in [-0.15, -0.1) is 0 Å². The van der Waals surface area contributed by atoms with E-state index in [1.165, 1.54) is 0 Å². The third-order valence-corrected chi connectivity index (χ3v) is 3.06. The molecule has 2 heteroatoms. The molecule has 2 nitrogen and oxygen atoms in total. The molecule has 0 amide bonds. The molecule has 0 aliphatic heterocycles. The molecule has 0 aromatic heterocycles. The van der Waals surface area contributed by atoms with Gasteiger partial charge >= 0.3 is 0 Å². The standard InChI is InChI=1S/C16H14O2/c17-11-13-4-1-2-7-16(13)12-5-3-6-15(10-12)18-14-8-9-14/h1-7,10-11,14H,8-9H2. The summed E-state index contributed by atoms with van der Waals surface area (Å²) in [7, 11) is 0. The van der Waals surface area contributed by atoms with E-state index in [-0.39, 0.29) is 0 Å². The molecule has 18 heavy (non-hydrogen) atoms. The average molecular weight is 238 g/mol. The van der Waals surface area contributed by atoms with E-state index in [4.69, 9.17) is 4.74 Å². The van der Waals surface area contributed by atoms with Crippen LogP contribution in [0.5, 0.6) is 5.75 Å². The summed E-state index contributed by atoms with van der Waals surface area (Å²) >= 11 is 0. The minimum atomic E-state index is 0.390. The first-order valence-electron chi connectivity index (χ1n) is 6.18. The van der Waals surface area contributed by atoms with Gasteiger partial charge in [0.15, 0.2) is 6.29 Å². The first kappa shape index (κ1) is 11.0. The zero-order valence-corrected chi connectivity index (χ0v) is 10.0. The number of rotatable bonds is 4. The zero-order chi connectivity index (χ0) is 12.4. The Morgan fingerprint density at radius 1 is 1.06 bits per heavy atom. The lowest BCUT2D eigenvalue weighted by Crippen LogP contribution is -1.96. The lowest BCUT2D eigenvalue weighted by Gasteiger charge is -2.08. The molecule has 1 aliphatic carbocycles. The molecule has 0 bridgehead atoms. The monoisotopic (exact) mass is 238 g/mol. The fraction of sp³-hybridized carbons (Fsp3) is 0.188. The molecule has 1 saturated carbocycles. The average Bonchev–Trinajstić information content (AvgIpc) is 3.23. The maximum absolute atomic E-state index is 11.0. The van der Waals surface area contributed by atoms with Gasteiger partial charge in [-0.2, -0.15) is 0 Å². The molecule has 0 N–H and O–H groups in total. The Morgan fingerprint density at radius 3 is 2.67 bits per heavy atom. The fourth-order valence-electron chi connectivity index (χ4n) is 1.98. The molecule has 3 rings (SSSR count). The summed E-state index contributed by atoms with van der Waals surface area (Å²) in [6.45, 7) is 0. The summed E-state index contributed by atoms with van der Waals surface area (Å²) < 4.78 is 5.77. The van der Waals surface area contributed by atoms with E-state index in [0.717, 1.165) is 36.0 Å². The summed E-state index contributed by atoms with van der Waals surface area (Å²) in [6, 6.07) is 15.5. The van der Waals surface area contributed by atoms with Crippen molar-refractivity contribution < 1.29 is 9.53 Å². The Labute approximate surface area is 106 Å². The molecule has 1 aliphatic rings. The molecular formula is C16H14O2. The van der Waals surface area contributed by atoms with Crippen molar-refractivity contribution in [3.05, 3.63) is 54.1 Å². The summed E-state index contributed by atoms with van der Waals surface area (Å²) in [6.07, 6.45) is 3.58. The van der Waals surface area contributed by atoms with Crippen molar-refractivity contribution >= 4 is 6.29 Å². The molecular weight excluding hydrogens is 224 g/mol. The van der Waals surface area contributed by atoms with E-state index in [1.807, 2.05) is 48.5 Å². The number of ether oxygens (including phenoxy) is 1. The second kappa shape index (κ2) is 4.65. The van der Waals surface area contributed by atoms with Crippen LogP contribution in [-0.4, -0.2) is 12.4 Å². The van der Waals surface area contributed by atoms with E-state index in [9.17, 15) is 4.79 Å². The Balaban J connectivity index is 1.97. The highest BCUT2D eigenvalue weighted by Crippen LogP contribution is 2.30. The van der Waals surface area contributed by atoms with Gasteiger partial charge in [0.2, 0.25) is 0 Å². The van der Waals surface area contributed by atoms with Crippen molar-refractivity contribution in [1.29, 1.82) is 0 Å². The van der Waals surface area contributed by atoms with Crippen LogP contribution in [0.15, 0.2) is 48.5 Å². The molecule has 2 aromatic carbocycles. The smallest absolute Gasteiger partial charge is 0.150 e. The molecule has 0 atom stereocenters. The van der Waals surface area contributed by atoms with Gasteiger partial charge < -0.3 is 4.74 Å². The Morgan fingerprint density at radius 2 is 1.89 bits per heavy atom. The number of benzene rings is 2. The Kier molecular flexibility index (Phi) is 2.85. The highest BCUT2D eigenvalue weighted by molar-refractivity contribution is 5.87. The van der Waals surface area contributed by atoms with Crippen molar-refractivity contribution in [2.75, 3.05) is 0 Å². The number of aldehydes is 1. The van der Waals surface area contributed by atoms with Crippen LogP contribution in [0.25, 0.3) is 11.1 Å². The van der Waals surface area contributed by atoms with Crippen molar-refractivity contribution in [1.82, 2.24) is 0 Å². The van der Waals surface area contributed by atoms with Crippen LogP contribution in [0, 0.1) is 0 Å². The van der Waals surface area contributed by atoms with E-state index < -0.39 is 0 Å². The number of carbonyl (C=O) groups is 1. The highest BCUT2D eigenvalue weighted by Gasteiger charge is 2.23. The van der Waals surface area contributed by atoms with Crippen LogP contribution < -0.4 is 4.74 Å². The van der Waals surface area contributed by atoms with Gasteiger partial charge in [-0.25, -0.2) is 0 Å². The van der Waals surface area contributed by atoms with Gasteiger partial charge in [0.1, 0.15) is 5.75 Å². The van der Waals surface area contributed by atoms with Crippen LogP contribution in [0.4, 0.5) is 0 Å². The van der Waals surface area contributed by atoms with Gasteiger partial charge in [0.25, 0.3) is 0 Å². The van der Waals surface area contributed by atoms with E-state index >= 15 is 0 Å². The zero-order valence-electron chi connectivity index (χ0n) is 10.0. The molecule has 0 heterocycles. The summed E-state index contributed by atoms with van der Waals surface area (Å²) in [5.41, 5.74) is 2.69. The largest absolute Gasteiger partial charge is 0.490 e. The maximum atomic E-state index is 11.0. The van der Waals surface area contributed by atoms with Crippen molar-refractivity contribution in [2.45, 2.75) is 18.9 Å². The maximum Gasteiger partial charge on any atom is 0.150 e. The lowest BCUT2D eigenvalue weighted by molar-refractivity contribution is 0.112. The van der Waals surface area contributed by atoms with Crippen molar-refractivity contribution in [3.63, 3.8) is 0 Å². The van der Waals surface area contributed by atoms with Gasteiger partial charge in [-0.1, -0.05) is 36.4 Å². The van der Waals surface area contributed by atoms with E-state index in [1.54, 1.807) is 0 Å². The summed E-state index contributed by atoms with van der Waals surface area (Å²) in [4.78, 5) is 11.0. The SMILES string of the molecule is O=Cc1ccccc1-c1cccc(OC2CC2)c1. The molecule has 90 valence electrons. The molecule has 1 fully saturated rings. The highest BCUT2D eigenvalue weighted by atomic mass is 16.5. The minimum absolute atomic E-state index is 0.390. The lowest BCUT2D eigenvalue weighted by atomic mass is 10.0. The number of hydrogen-bond acceptors (Lipinski definition) is 2. The quantitative estimate of drug-likeness (QED) is 0.759.